The van der Waals surface area contributed by atoms with Gasteiger partial charge in [-0.3, -0.25) is 0 Å². The number of aliphatic hydroxyl groups is 1. The van der Waals surface area contributed by atoms with Crippen LogP contribution in [-0.4, -0.2) is 24.3 Å². The zero-order chi connectivity index (χ0) is 11.2. The summed E-state index contributed by atoms with van der Waals surface area (Å²) in [7, 11) is 0. The smallest absolute Gasteiger partial charge is 0.0436 e. The Kier molecular flexibility index (Phi) is 6.38. The van der Waals surface area contributed by atoms with Crippen LogP contribution in [0.25, 0.3) is 0 Å². The third kappa shape index (κ3) is 5.61. The van der Waals surface area contributed by atoms with Crippen LogP contribution in [0.1, 0.15) is 47.5 Å². The fourth-order valence-corrected chi connectivity index (χ4v) is 1.38. The van der Waals surface area contributed by atoms with Gasteiger partial charge < -0.3 is 10.4 Å². The van der Waals surface area contributed by atoms with E-state index in [2.05, 4.69) is 39.9 Å². The van der Waals surface area contributed by atoms with E-state index in [1.54, 1.807) is 0 Å². The van der Waals surface area contributed by atoms with Crippen molar-refractivity contribution in [2.45, 2.75) is 53.5 Å². The van der Waals surface area contributed by atoms with Gasteiger partial charge in [0.05, 0.1) is 0 Å². The molecule has 0 radical (unpaired) electrons. The van der Waals surface area contributed by atoms with Crippen LogP contribution in [0.4, 0.5) is 0 Å². The van der Waals surface area contributed by atoms with Crippen LogP contribution < -0.4 is 5.32 Å². The van der Waals surface area contributed by atoms with Gasteiger partial charge in [0, 0.05) is 19.2 Å². The highest BCUT2D eigenvalue weighted by Crippen LogP contribution is 2.19. The highest BCUT2D eigenvalue weighted by atomic mass is 16.3. The van der Waals surface area contributed by atoms with Crippen molar-refractivity contribution in [1.29, 1.82) is 0 Å². The van der Waals surface area contributed by atoms with Crippen molar-refractivity contribution >= 4 is 0 Å². The van der Waals surface area contributed by atoms with Crippen molar-refractivity contribution in [2.75, 3.05) is 13.2 Å². The lowest BCUT2D eigenvalue weighted by molar-refractivity contribution is 0.198. The Balaban J connectivity index is 3.80. The molecule has 0 aromatic rings. The van der Waals surface area contributed by atoms with Crippen LogP contribution in [0.5, 0.6) is 0 Å². The molecule has 86 valence electrons. The van der Waals surface area contributed by atoms with Crippen molar-refractivity contribution in [1.82, 2.24) is 5.32 Å². The fourth-order valence-electron chi connectivity index (χ4n) is 1.38. The molecule has 0 amide bonds. The van der Waals surface area contributed by atoms with Crippen LogP contribution in [0.2, 0.25) is 0 Å². The molecule has 0 fully saturated rings. The minimum Gasteiger partial charge on any atom is -0.396 e. The van der Waals surface area contributed by atoms with Crippen molar-refractivity contribution < 1.29 is 5.11 Å². The van der Waals surface area contributed by atoms with E-state index in [4.69, 9.17) is 5.11 Å². The summed E-state index contributed by atoms with van der Waals surface area (Å²) < 4.78 is 0. The monoisotopic (exact) mass is 201 g/mol. The quantitative estimate of drug-likeness (QED) is 0.663. The third-order valence-corrected chi connectivity index (χ3v) is 3.19. The van der Waals surface area contributed by atoms with E-state index in [-0.39, 0.29) is 12.0 Å². The molecule has 14 heavy (non-hydrogen) atoms. The first-order chi connectivity index (χ1) is 6.43. The van der Waals surface area contributed by atoms with E-state index in [9.17, 15) is 0 Å². The van der Waals surface area contributed by atoms with Crippen LogP contribution in [0.3, 0.4) is 0 Å². The Labute approximate surface area is 89.1 Å². The molecule has 0 heterocycles. The van der Waals surface area contributed by atoms with Gasteiger partial charge in [-0.05, 0) is 24.7 Å². The van der Waals surface area contributed by atoms with Crippen LogP contribution in [0, 0.1) is 11.3 Å². The molecule has 2 heteroatoms. The Bertz CT molecular complexity index is 145. The lowest BCUT2D eigenvalue weighted by Crippen LogP contribution is -2.39. The van der Waals surface area contributed by atoms with Gasteiger partial charge in [0.2, 0.25) is 0 Å². The number of hydrogen-bond donors (Lipinski definition) is 2. The van der Waals surface area contributed by atoms with Gasteiger partial charge in [0.1, 0.15) is 0 Å². The predicted molar refractivity (Wildman–Crippen MR) is 62.4 cm³/mol. The van der Waals surface area contributed by atoms with E-state index in [1.807, 2.05) is 0 Å². The first kappa shape index (κ1) is 13.9. The Morgan fingerprint density at radius 1 is 1.29 bits per heavy atom. The van der Waals surface area contributed by atoms with Gasteiger partial charge in [-0.25, -0.2) is 0 Å². The summed E-state index contributed by atoms with van der Waals surface area (Å²) in [4.78, 5) is 0. The molecule has 0 saturated carbocycles. The zero-order valence-corrected chi connectivity index (χ0v) is 10.4. The first-order valence-corrected chi connectivity index (χ1v) is 5.77. The molecule has 0 aliphatic rings. The second-order valence-electron chi connectivity index (χ2n) is 5.19. The molecule has 0 spiro atoms. The summed E-state index contributed by atoms with van der Waals surface area (Å²) in [6, 6.07) is 0.568. The topological polar surface area (TPSA) is 32.3 Å². The first-order valence-electron chi connectivity index (χ1n) is 5.77. The zero-order valence-electron chi connectivity index (χ0n) is 10.4. The highest BCUT2D eigenvalue weighted by molar-refractivity contribution is 4.75. The summed E-state index contributed by atoms with van der Waals surface area (Å²) in [6.45, 7) is 12.4. The Morgan fingerprint density at radius 3 is 2.29 bits per heavy atom. The minimum atomic E-state index is 0.205. The van der Waals surface area contributed by atoms with Gasteiger partial charge in [0.25, 0.3) is 0 Å². The van der Waals surface area contributed by atoms with Gasteiger partial charge in [-0.15, -0.1) is 0 Å². The summed E-state index contributed by atoms with van der Waals surface area (Å²) in [5.41, 5.74) is 0.205. The molecule has 0 aromatic heterocycles. The second-order valence-corrected chi connectivity index (χ2v) is 5.19. The average molecular weight is 201 g/mol. The lowest BCUT2D eigenvalue weighted by Gasteiger charge is -2.28. The predicted octanol–water partition coefficient (Wildman–Crippen LogP) is 2.42. The SMILES string of the molecule is CCC(C)C(C)NCC(C)(C)CCO. The molecule has 0 aliphatic heterocycles. The summed E-state index contributed by atoms with van der Waals surface area (Å²) in [5, 5.41) is 12.4. The molecule has 0 bridgehead atoms. The summed E-state index contributed by atoms with van der Waals surface area (Å²) in [5.74, 6) is 0.722. The van der Waals surface area contributed by atoms with E-state index < -0.39 is 0 Å². The number of aliphatic hydroxyl groups excluding tert-OH is 1. The molecule has 0 aliphatic carbocycles. The third-order valence-electron chi connectivity index (χ3n) is 3.19. The molecule has 2 unspecified atom stereocenters. The van der Waals surface area contributed by atoms with E-state index >= 15 is 0 Å². The lowest BCUT2D eigenvalue weighted by atomic mass is 9.89. The Morgan fingerprint density at radius 2 is 1.86 bits per heavy atom. The average Bonchev–Trinajstić information content (AvgIpc) is 2.13. The maximum atomic E-state index is 8.89. The van der Waals surface area contributed by atoms with Crippen LogP contribution >= 0.6 is 0 Å². The molecule has 2 nitrogen and oxygen atoms in total. The van der Waals surface area contributed by atoms with E-state index in [1.165, 1.54) is 6.42 Å². The Hall–Kier alpha value is -0.0800. The number of nitrogens with one attached hydrogen (secondary N) is 1. The largest absolute Gasteiger partial charge is 0.396 e. The van der Waals surface area contributed by atoms with Gasteiger partial charge in [-0.2, -0.15) is 0 Å². The van der Waals surface area contributed by atoms with Crippen LogP contribution in [-0.2, 0) is 0 Å². The molecule has 0 aromatic carbocycles. The molecule has 2 N–H and O–H groups in total. The normalized spacial score (nSPS) is 16.7. The second kappa shape index (κ2) is 6.41. The van der Waals surface area contributed by atoms with Crippen molar-refractivity contribution in [3.63, 3.8) is 0 Å². The molecule has 2 atom stereocenters. The van der Waals surface area contributed by atoms with E-state index in [0.717, 1.165) is 18.9 Å². The number of rotatable bonds is 7. The van der Waals surface area contributed by atoms with Crippen LogP contribution in [0.15, 0.2) is 0 Å². The van der Waals surface area contributed by atoms with Gasteiger partial charge in [-0.1, -0.05) is 34.1 Å². The molecule has 0 rings (SSSR count). The van der Waals surface area contributed by atoms with Crippen molar-refractivity contribution in [3.8, 4) is 0 Å². The number of hydrogen-bond acceptors (Lipinski definition) is 2. The van der Waals surface area contributed by atoms with Crippen molar-refractivity contribution in [3.05, 3.63) is 0 Å². The molecular formula is C12H27NO. The summed E-state index contributed by atoms with van der Waals surface area (Å²) >= 11 is 0. The molecule has 0 saturated heterocycles. The molecular weight excluding hydrogens is 174 g/mol. The fraction of sp³-hybridized carbons (Fsp3) is 1.00. The maximum Gasteiger partial charge on any atom is 0.0436 e. The minimum absolute atomic E-state index is 0.205. The van der Waals surface area contributed by atoms with Gasteiger partial charge in [0.15, 0.2) is 0 Å². The maximum absolute atomic E-state index is 8.89. The van der Waals surface area contributed by atoms with E-state index in [0.29, 0.717) is 6.04 Å². The van der Waals surface area contributed by atoms with Gasteiger partial charge >= 0.3 is 0 Å². The standard InChI is InChI=1S/C12H27NO/c1-6-10(2)11(3)13-9-12(4,5)7-8-14/h10-11,13-14H,6-9H2,1-5H3. The summed E-state index contributed by atoms with van der Waals surface area (Å²) in [6.07, 6.45) is 2.09. The highest BCUT2D eigenvalue weighted by Gasteiger charge is 2.19. The van der Waals surface area contributed by atoms with Crippen molar-refractivity contribution in [2.24, 2.45) is 11.3 Å².